The third-order valence-electron chi connectivity index (χ3n) is 4.52. The highest BCUT2D eigenvalue weighted by molar-refractivity contribution is 6.31. The topological polar surface area (TPSA) is 64.0 Å². The average molecular weight is 426 g/mol. The van der Waals surface area contributed by atoms with E-state index < -0.39 is 29.8 Å². The molecule has 0 aliphatic heterocycles. The second-order valence-corrected chi connectivity index (χ2v) is 6.93. The van der Waals surface area contributed by atoms with Gasteiger partial charge in [0.2, 0.25) is 5.91 Å². The second kappa shape index (κ2) is 8.04. The van der Waals surface area contributed by atoms with E-state index in [1.807, 2.05) is 0 Å². The molecule has 150 valence electrons. The molecule has 1 amide bonds. The van der Waals surface area contributed by atoms with Gasteiger partial charge in [0.05, 0.1) is 16.9 Å². The largest absolute Gasteiger partial charge is 0.349 e. The minimum Gasteiger partial charge on any atom is -0.322 e. The van der Waals surface area contributed by atoms with E-state index in [4.69, 9.17) is 11.6 Å². The van der Waals surface area contributed by atoms with Crippen LogP contribution in [0.5, 0.6) is 0 Å². The van der Waals surface area contributed by atoms with Crippen LogP contribution in [0.1, 0.15) is 0 Å². The highest BCUT2D eigenvalue weighted by Gasteiger charge is 2.17. The van der Waals surface area contributed by atoms with E-state index in [9.17, 15) is 18.4 Å². The lowest BCUT2D eigenvalue weighted by molar-refractivity contribution is -0.116. The first-order valence-electron chi connectivity index (χ1n) is 8.93. The Labute approximate surface area is 174 Å². The van der Waals surface area contributed by atoms with Gasteiger partial charge in [-0.05, 0) is 42.5 Å². The Balaban J connectivity index is 1.80. The quantitative estimate of drug-likeness (QED) is 0.518. The monoisotopic (exact) mass is 425 g/mol. The zero-order chi connectivity index (χ0) is 21.3. The summed E-state index contributed by atoms with van der Waals surface area (Å²) in [5.74, 6) is -1.75. The van der Waals surface area contributed by atoms with Crippen LogP contribution < -0.4 is 11.0 Å². The maximum absolute atomic E-state index is 14.3. The molecule has 3 aromatic carbocycles. The first kappa shape index (κ1) is 19.7. The molecule has 0 radical (unpaired) electrons. The molecule has 0 saturated heterocycles. The molecule has 1 N–H and O–H groups in total. The van der Waals surface area contributed by atoms with Crippen LogP contribution >= 0.6 is 11.6 Å². The molecule has 0 aliphatic rings. The van der Waals surface area contributed by atoms with Crippen molar-refractivity contribution in [1.29, 1.82) is 0 Å². The summed E-state index contributed by atoms with van der Waals surface area (Å²) in [5.41, 5.74) is -0.127. The van der Waals surface area contributed by atoms with Gasteiger partial charge in [-0.15, -0.1) is 0 Å². The van der Waals surface area contributed by atoms with Gasteiger partial charge in [0, 0.05) is 16.0 Å². The molecule has 0 saturated carbocycles. The van der Waals surface area contributed by atoms with Crippen molar-refractivity contribution in [3.05, 3.63) is 93.9 Å². The number of para-hydroxylation sites is 1. The number of carbonyl (C=O) groups is 1. The zero-order valence-corrected chi connectivity index (χ0v) is 16.2. The highest BCUT2D eigenvalue weighted by atomic mass is 35.5. The summed E-state index contributed by atoms with van der Waals surface area (Å²) < 4.78 is 29.3. The number of nitrogens with zero attached hydrogens (tertiary/aromatic N) is 2. The third kappa shape index (κ3) is 3.79. The Morgan fingerprint density at radius 3 is 2.43 bits per heavy atom. The van der Waals surface area contributed by atoms with Gasteiger partial charge in [0.25, 0.3) is 0 Å². The fourth-order valence-corrected chi connectivity index (χ4v) is 3.33. The summed E-state index contributed by atoms with van der Waals surface area (Å²) in [4.78, 5) is 29.2. The van der Waals surface area contributed by atoms with Crippen molar-refractivity contribution in [1.82, 2.24) is 9.55 Å². The Morgan fingerprint density at radius 1 is 1.00 bits per heavy atom. The Bertz CT molecular complexity index is 1340. The summed E-state index contributed by atoms with van der Waals surface area (Å²) in [5, 5.41) is 3.20. The predicted molar refractivity (Wildman–Crippen MR) is 111 cm³/mol. The smallest absolute Gasteiger partial charge is 0.322 e. The molecular weight excluding hydrogens is 412 g/mol. The van der Waals surface area contributed by atoms with Crippen molar-refractivity contribution < 1.29 is 13.6 Å². The molecule has 4 rings (SSSR count). The number of anilines is 1. The van der Waals surface area contributed by atoms with Crippen LogP contribution in [-0.4, -0.2) is 15.5 Å². The molecule has 1 heterocycles. The van der Waals surface area contributed by atoms with Gasteiger partial charge in [-0.2, -0.15) is 4.98 Å². The molecule has 8 heteroatoms. The van der Waals surface area contributed by atoms with Crippen molar-refractivity contribution in [3.63, 3.8) is 0 Å². The highest BCUT2D eigenvalue weighted by Crippen LogP contribution is 2.29. The lowest BCUT2D eigenvalue weighted by atomic mass is 10.1. The second-order valence-electron chi connectivity index (χ2n) is 6.50. The molecule has 0 fully saturated rings. The van der Waals surface area contributed by atoms with Crippen molar-refractivity contribution in [2.24, 2.45) is 0 Å². The first-order valence-corrected chi connectivity index (χ1v) is 9.31. The Hall–Kier alpha value is -3.58. The van der Waals surface area contributed by atoms with E-state index in [-0.39, 0.29) is 16.9 Å². The SMILES string of the molecule is O=C(Cn1c(=O)nc(-c2ccccc2F)c2cc(Cl)ccc21)Nc1ccccc1F. The Morgan fingerprint density at radius 2 is 1.70 bits per heavy atom. The number of aromatic nitrogens is 2. The van der Waals surface area contributed by atoms with Crippen molar-refractivity contribution in [2.45, 2.75) is 6.54 Å². The maximum atomic E-state index is 14.3. The zero-order valence-electron chi connectivity index (χ0n) is 15.4. The molecule has 5 nitrogen and oxygen atoms in total. The average Bonchev–Trinajstić information content (AvgIpc) is 2.72. The number of nitrogens with one attached hydrogen (secondary N) is 1. The number of hydrogen-bond donors (Lipinski definition) is 1. The van der Waals surface area contributed by atoms with E-state index in [0.29, 0.717) is 15.9 Å². The van der Waals surface area contributed by atoms with Crippen LogP contribution in [0.25, 0.3) is 22.2 Å². The number of carbonyl (C=O) groups excluding carboxylic acids is 1. The van der Waals surface area contributed by atoms with E-state index in [1.54, 1.807) is 30.3 Å². The summed E-state index contributed by atoms with van der Waals surface area (Å²) in [7, 11) is 0. The van der Waals surface area contributed by atoms with Crippen LogP contribution in [0, 0.1) is 11.6 Å². The van der Waals surface area contributed by atoms with E-state index in [2.05, 4.69) is 10.3 Å². The van der Waals surface area contributed by atoms with Gasteiger partial charge in [-0.3, -0.25) is 9.36 Å². The minimum atomic E-state index is -0.744. The van der Waals surface area contributed by atoms with Crippen LogP contribution in [0.4, 0.5) is 14.5 Å². The molecule has 0 bridgehead atoms. The fourth-order valence-electron chi connectivity index (χ4n) is 3.16. The lowest BCUT2D eigenvalue weighted by Gasteiger charge is -2.14. The van der Waals surface area contributed by atoms with Crippen LogP contribution in [0.15, 0.2) is 71.5 Å². The molecule has 4 aromatic rings. The standard InChI is InChI=1S/C22H14ClF2N3O2/c23-13-9-10-19-15(11-13)21(14-5-1-2-6-16(14)24)27-22(30)28(19)12-20(29)26-18-8-4-3-7-17(18)25/h1-11H,12H2,(H,26,29). The number of fused-ring (bicyclic) bond motifs is 1. The number of benzene rings is 3. The molecule has 0 unspecified atom stereocenters. The molecule has 30 heavy (non-hydrogen) atoms. The van der Waals surface area contributed by atoms with Crippen molar-refractivity contribution >= 4 is 34.1 Å². The number of hydrogen-bond acceptors (Lipinski definition) is 3. The van der Waals surface area contributed by atoms with E-state index in [0.717, 1.165) is 4.57 Å². The third-order valence-corrected chi connectivity index (χ3v) is 4.76. The summed E-state index contributed by atoms with van der Waals surface area (Å²) in [6.45, 7) is -0.407. The lowest BCUT2D eigenvalue weighted by Crippen LogP contribution is -2.30. The first-order chi connectivity index (χ1) is 14.4. The Kier molecular flexibility index (Phi) is 5.29. The van der Waals surface area contributed by atoms with Crippen molar-refractivity contribution in [3.8, 4) is 11.3 Å². The predicted octanol–water partition coefficient (Wildman–Crippen LogP) is 4.63. The van der Waals surface area contributed by atoms with Gasteiger partial charge >= 0.3 is 5.69 Å². The van der Waals surface area contributed by atoms with Crippen molar-refractivity contribution in [2.75, 3.05) is 5.32 Å². The normalized spacial score (nSPS) is 10.9. The number of rotatable bonds is 4. The molecule has 0 aliphatic carbocycles. The minimum absolute atomic E-state index is 0.00108. The van der Waals surface area contributed by atoms with Gasteiger partial charge in [0.15, 0.2) is 0 Å². The molecule has 0 spiro atoms. The summed E-state index contributed by atoms with van der Waals surface area (Å²) in [6.07, 6.45) is 0. The summed E-state index contributed by atoms with van der Waals surface area (Å²) in [6, 6.07) is 16.3. The molecule has 1 aromatic heterocycles. The number of halogens is 3. The molecule has 0 atom stereocenters. The summed E-state index contributed by atoms with van der Waals surface area (Å²) >= 11 is 6.11. The molecular formula is C22H14ClF2N3O2. The van der Waals surface area contributed by atoms with E-state index >= 15 is 0 Å². The van der Waals surface area contributed by atoms with E-state index in [1.165, 1.54) is 36.4 Å². The van der Waals surface area contributed by atoms with Crippen LogP contribution in [-0.2, 0) is 11.3 Å². The van der Waals surface area contributed by atoms with Gasteiger partial charge in [-0.25, -0.2) is 13.6 Å². The number of amides is 1. The van der Waals surface area contributed by atoms with Crippen LogP contribution in [0.3, 0.4) is 0 Å². The van der Waals surface area contributed by atoms with Gasteiger partial charge in [0.1, 0.15) is 18.2 Å². The maximum Gasteiger partial charge on any atom is 0.349 e. The van der Waals surface area contributed by atoms with Crippen LogP contribution in [0.2, 0.25) is 5.02 Å². The fraction of sp³-hybridized carbons (Fsp3) is 0.0455. The van der Waals surface area contributed by atoms with Gasteiger partial charge in [-0.1, -0.05) is 35.9 Å². The van der Waals surface area contributed by atoms with Gasteiger partial charge < -0.3 is 5.32 Å².